The van der Waals surface area contributed by atoms with Crippen molar-refractivity contribution in [2.24, 2.45) is 5.41 Å². The molecule has 0 atom stereocenters. The first-order chi connectivity index (χ1) is 11.4. The summed E-state index contributed by atoms with van der Waals surface area (Å²) in [4.78, 5) is 24.8. The van der Waals surface area contributed by atoms with Gasteiger partial charge in [-0.05, 0) is 70.0 Å². The van der Waals surface area contributed by atoms with Crippen molar-refractivity contribution in [1.82, 2.24) is 0 Å². The summed E-state index contributed by atoms with van der Waals surface area (Å²) in [7, 11) is -0.452. The van der Waals surface area contributed by atoms with Crippen molar-refractivity contribution in [3.05, 3.63) is 22.3 Å². The third-order valence-corrected chi connectivity index (χ3v) is 6.41. The molecule has 0 aliphatic heterocycles. The minimum absolute atomic E-state index is 0.00465. The highest BCUT2D eigenvalue weighted by molar-refractivity contribution is 8.32. The van der Waals surface area contributed by atoms with Crippen LogP contribution in [0.3, 0.4) is 0 Å². The predicted molar refractivity (Wildman–Crippen MR) is 110 cm³/mol. The van der Waals surface area contributed by atoms with E-state index in [1.54, 1.807) is 20.8 Å². The molecule has 0 heterocycles. The molecule has 0 spiro atoms. The maximum absolute atomic E-state index is 12.5. The SMILES string of the molecule is CC1=C(C)C(=O)C(CCC(C)(C)COCCCS(C)(C)C)=C(C)C1=O. The van der Waals surface area contributed by atoms with Gasteiger partial charge in [-0.25, -0.2) is 10.0 Å². The van der Waals surface area contributed by atoms with E-state index in [4.69, 9.17) is 4.74 Å². The van der Waals surface area contributed by atoms with Gasteiger partial charge >= 0.3 is 0 Å². The smallest absolute Gasteiger partial charge is 0.185 e. The largest absolute Gasteiger partial charge is 0.381 e. The van der Waals surface area contributed by atoms with Gasteiger partial charge in [-0.3, -0.25) is 9.59 Å². The fourth-order valence-electron chi connectivity index (χ4n) is 2.93. The molecule has 0 saturated heterocycles. The van der Waals surface area contributed by atoms with Crippen molar-refractivity contribution >= 4 is 21.6 Å². The van der Waals surface area contributed by atoms with Crippen molar-refractivity contribution < 1.29 is 14.3 Å². The molecular weight excluding hydrogens is 332 g/mol. The van der Waals surface area contributed by atoms with Crippen LogP contribution in [0.15, 0.2) is 22.3 Å². The molecule has 0 aromatic rings. The molecule has 1 aliphatic rings. The lowest BCUT2D eigenvalue weighted by Crippen LogP contribution is -2.24. The molecule has 0 saturated carbocycles. The zero-order chi connectivity index (χ0) is 19.4. The van der Waals surface area contributed by atoms with E-state index < -0.39 is 10.0 Å². The fraction of sp³-hybridized carbons (Fsp3) is 0.714. The van der Waals surface area contributed by atoms with Gasteiger partial charge in [0.25, 0.3) is 0 Å². The third-order valence-electron chi connectivity index (χ3n) is 4.90. The van der Waals surface area contributed by atoms with Gasteiger partial charge in [-0.2, -0.15) is 0 Å². The molecule has 1 rings (SSSR count). The number of hydrogen-bond donors (Lipinski definition) is 0. The Morgan fingerprint density at radius 1 is 0.920 bits per heavy atom. The zero-order valence-electron chi connectivity index (χ0n) is 17.4. The summed E-state index contributed by atoms with van der Waals surface area (Å²) in [5, 5.41) is 0. The average Bonchev–Trinajstić information content (AvgIpc) is 2.49. The van der Waals surface area contributed by atoms with Crippen molar-refractivity contribution in [3.63, 3.8) is 0 Å². The molecule has 0 bridgehead atoms. The Bertz CT molecular complexity index is 589. The van der Waals surface area contributed by atoms with Gasteiger partial charge in [0, 0.05) is 28.9 Å². The average molecular weight is 369 g/mol. The minimum Gasteiger partial charge on any atom is -0.381 e. The Morgan fingerprint density at radius 2 is 1.48 bits per heavy atom. The lowest BCUT2D eigenvalue weighted by Gasteiger charge is -2.27. The lowest BCUT2D eigenvalue weighted by molar-refractivity contribution is -0.116. The van der Waals surface area contributed by atoms with Crippen LogP contribution in [0.4, 0.5) is 0 Å². The van der Waals surface area contributed by atoms with Gasteiger partial charge in [0.15, 0.2) is 11.6 Å². The van der Waals surface area contributed by atoms with Gasteiger partial charge < -0.3 is 4.74 Å². The van der Waals surface area contributed by atoms with E-state index in [0.29, 0.717) is 35.3 Å². The van der Waals surface area contributed by atoms with Crippen LogP contribution in [0, 0.1) is 5.41 Å². The van der Waals surface area contributed by atoms with Crippen LogP contribution in [-0.4, -0.2) is 49.3 Å². The molecule has 0 amide bonds. The number of allylic oxidation sites excluding steroid dienone is 4. The van der Waals surface area contributed by atoms with Crippen LogP contribution in [0.2, 0.25) is 0 Å². The summed E-state index contributed by atoms with van der Waals surface area (Å²) in [6.07, 6.45) is 9.57. The molecule has 3 nitrogen and oxygen atoms in total. The highest BCUT2D eigenvalue weighted by Crippen LogP contribution is 2.35. The Labute approximate surface area is 155 Å². The Morgan fingerprint density at radius 3 is 2.04 bits per heavy atom. The van der Waals surface area contributed by atoms with Gasteiger partial charge in [-0.1, -0.05) is 13.8 Å². The molecular formula is C21H36O3S. The standard InChI is InChI=1S/C21H36O3S/c1-15-16(2)20(23)18(17(3)19(15)22)10-11-21(4,5)14-24-12-9-13-25(6,7)8/h9-14H2,1-8H3. The van der Waals surface area contributed by atoms with Crippen LogP contribution < -0.4 is 0 Å². The molecule has 4 heteroatoms. The van der Waals surface area contributed by atoms with Crippen molar-refractivity contribution in [1.29, 1.82) is 0 Å². The molecule has 0 radical (unpaired) electrons. The summed E-state index contributed by atoms with van der Waals surface area (Å²) < 4.78 is 5.88. The first-order valence-corrected chi connectivity index (χ1v) is 12.1. The molecule has 25 heavy (non-hydrogen) atoms. The minimum atomic E-state index is -0.452. The monoisotopic (exact) mass is 368 g/mol. The highest BCUT2D eigenvalue weighted by atomic mass is 32.3. The Balaban J connectivity index is 2.53. The molecule has 1 aliphatic carbocycles. The molecule has 0 aromatic heterocycles. The zero-order valence-corrected chi connectivity index (χ0v) is 18.2. The van der Waals surface area contributed by atoms with Crippen LogP contribution >= 0.6 is 10.0 Å². The van der Waals surface area contributed by atoms with E-state index in [0.717, 1.165) is 19.4 Å². The summed E-state index contributed by atoms with van der Waals surface area (Å²) in [5.41, 5.74) is 2.50. The Hall–Kier alpha value is -0.870. The van der Waals surface area contributed by atoms with Crippen LogP contribution in [0.25, 0.3) is 0 Å². The lowest BCUT2D eigenvalue weighted by atomic mass is 9.80. The summed E-state index contributed by atoms with van der Waals surface area (Å²) >= 11 is 0. The second-order valence-electron chi connectivity index (χ2n) is 8.88. The van der Waals surface area contributed by atoms with Crippen molar-refractivity contribution in [3.8, 4) is 0 Å². The van der Waals surface area contributed by atoms with Crippen LogP contribution in [0.5, 0.6) is 0 Å². The number of carbonyl (C=O) groups is 2. The fourth-order valence-corrected chi connectivity index (χ4v) is 3.92. The summed E-state index contributed by atoms with van der Waals surface area (Å²) in [5.74, 6) is 1.30. The predicted octanol–water partition coefficient (Wildman–Crippen LogP) is 4.70. The molecule has 144 valence electrons. The number of Topliss-reactive ketones (excluding diaryl/α,β-unsaturated/α-hetero) is 2. The maximum Gasteiger partial charge on any atom is 0.185 e. The quantitative estimate of drug-likeness (QED) is 0.438. The van der Waals surface area contributed by atoms with E-state index in [9.17, 15) is 9.59 Å². The number of ether oxygens (including phenoxy) is 1. The molecule has 0 N–H and O–H groups in total. The van der Waals surface area contributed by atoms with E-state index in [2.05, 4.69) is 32.6 Å². The van der Waals surface area contributed by atoms with Gasteiger partial charge in [0.2, 0.25) is 0 Å². The number of hydrogen-bond acceptors (Lipinski definition) is 3. The second kappa shape index (κ2) is 8.68. The number of carbonyl (C=O) groups excluding carboxylic acids is 2. The topological polar surface area (TPSA) is 43.4 Å². The number of rotatable bonds is 9. The van der Waals surface area contributed by atoms with E-state index in [1.165, 1.54) is 5.75 Å². The first kappa shape index (κ1) is 22.2. The summed E-state index contributed by atoms with van der Waals surface area (Å²) in [6.45, 7) is 11.1. The normalized spacial score (nSPS) is 17.6. The number of ketones is 2. The van der Waals surface area contributed by atoms with Crippen molar-refractivity contribution in [2.45, 2.75) is 53.9 Å². The molecule has 0 unspecified atom stereocenters. The second-order valence-corrected chi connectivity index (χ2v) is 13.5. The van der Waals surface area contributed by atoms with E-state index in [-0.39, 0.29) is 17.0 Å². The highest BCUT2D eigenvalue weighted by Gasteiger charge is 2.29. The van der Waals surface area contributed by atoms with Crippen molar-refractivity contribution in [2.75, 3.05) is 37.7 Å². The van der Waals surface area contributed by atoms with E-state index in [1.807, 2.05) is 0 Å². The van der Waals surface area contributed by atoms with Gasteiger partial charge in [0.1, 0.15) is 0 Å². The summed E-state index contributed by atoms with van der Waals surface area (Å²) in [6, 6.07) is 0. The third kappa shape index (κ3) is 6.74. The Kier molecular flexibility index (Phi) is 7.70. The van der Waals surface area contributed by atoms with Gasteiger partial charge in [0.05, 0.1) is 6.61 Å². The molecule has 0 aromatic carbocycles. The van der Waals surface area contributed by atoms with Crippen LogP contribution in [0.1, 0.15) is 53.9 Å². The molecule has 0 fully saturated rings. The van der Waals surface area contributed by atoms with E-state index >= 15 is 0 Å². The van der Waals surface area contributed by atoms with Crippen LogP contribution in [-0.2, 0) is 14.3 Å². The maximum atomic E-state index is 12.5. The van der Waals surface area contributed by atoms with Gasteiger partial charge in [-0.15, -0.1) is 0 Å². The first-order valence-electron chi connectivity index (χ1n) is 9.06.